The van der Waals surface area contributed by atoms with E-state index >= 15 is 0 Å². The number of anilines is 1. The molecule has 4 rings (SSSR count). The van der Waals surface area contributed by atoms with Gasteiger partial charge in [-0.15, -0.1) is 0 Å². The molecule has 4 aromatic rings. The lowest BCUT2D eigenvalue weighted by Gasteiger charge is -2.34. The molecule has 0 heterocycles. The molecule has 236 valence electrons. The van der Waals surface area contributed by atoms with E-state index in [9.17, 15) is 18.0 Å². The molecule has 0 saturated carbocycles. The number of hydrogen-bond donors (Lipinski definition) is 1. The summed E-state index contributed by atoms with van der Waals surface area (Å²) in [5.74, 6) is -0.760. The van der Waals surface area contributed by atoms with Crippen molar-refractivity contribution < 1.29 is 18.0 Å². The Bertz CT molecular complexity index is 1670. The van der Waals surface area contributed by atoms with Gasteiger partial charge in [0, 0.05) is 19.0 Å². The first-order chi connectivity index (χ1) is 21.5. The van der Waals surface area contributed by atoms with Crippen LogP contribution in [0.1, 0.15) is 48.1 Å². The minimum atomic E-state index is -4.13. The van der Waals surface area contributed by atoms with Crippen molar-refractivity contribution in [2.24, 2.45) is 0 Å². The molecular formula is C37H43N3O4S. The Kier molecular flexibility index (Phi) is 11.2. The minimum absolute atomic E-state index is 0.0851. The highest BCUT2D eigenvalue weighted by Gasteiger charge is 2.35. The Morgan fingerprint density at radius 2 is 1.27 bits per heavy atom. The first-order valence-corrected chi connectivity index (χ1v) is 16.8. The second-order valence-corrected chi connectivity index (χ2v) is 13.6. The predicted octanol–water partition coefficient (Wildman–Crippen LogP) is 6.36. The third-order valence-corrected chi connectivity index (χ3v) is 9.74. The van der Waals surface area contributed by atoms with Crippen molar-refractivity contribution in [2.45, 2.75) is 71.0 Å². The number of rotatable bonds is 13. The van der Waals surface area contributed by atoms with Crippen molar-refractivity contribution in [1.29, 1.82) is 0 Å². The minimum Gasteiger partial charge on any atom is -0.352 e. The summed E-state index contributed by atoms with van der Waals surface area (Å²) >= 11 is 0. The summed E-state index contributed by atoms with van der Waals surface area (Å²) in [5, 5.41) is 3.07. The smallest absolute Gasteiger partial charge is 0.264 e. The van der Waals surface area contributed by atoms with Crippen LogP contribution in [-0.2, 0) is 32.6 Å². The van der Waals surface area contributed by atoms with Gasteiger partial charge in [0.1, 0.15) is 12.6 Å². The Balaban J connectivity index is 1.80. The molecule has 8 heteroatoms. The molecule has 0 radical (unpaired) electrons. The normalized spacial score (nSPS) is 12.6. The van der Waals surface area contributed by atoms with Crippen LogP contribution in [-0.4, -0.2) is 43.8 Å². The summed E-state index contributed by atoms with van der Waals surface area (Å²) in [4.78, 5) is 30.1. The maximum atomic E-state index is 14.5. The third kappa shape index (κ3) is 8.82. The van der Waals surface area contributed by atoms with Gasteiger partial charge in [-0.3, -0.25) is 13.9 Å². The molecule has 0 aliphatic heterocycles. The molecule has 0 saturated heterocycles. The van der Waals surface area contributed by atoms with Gasteiger partial charge in [-0.05, 0) is 69.5 Å². The Hall–Kier alpha value is -4.43. The number of nitrogens with zero attached hydrogens (tertiary/aromatic N) is 2. The van der Waals surface area contributed by atoms with E-state index in [1.54, 1.807) is 36.4 Å². The summed E-state index contributed by atoms with van der Waals surface area (Å²) in [7, 11) is -4.13. The number of hydrogen-bond acceptors (Lipinski definition) is 4. The van der Waals surface area contributed by atoms with Crippen LogP contribution < -0.4 is 9.62 Å². The number of carbonyl (C=O) groups excluding carboxylic acids is 2. The Labute approximate surface area is 268 Å². The molecule has 0 unspecified atom stereocenters. The van der Waals surface area contributed by atoms with Crippen molar-refractivity contribution in [3.05, 3.63) is 131 Å². The van der Waals surface area contributed by atoms with Crippen molar-refractivity contribution in [2.75, 3.05) is 10.8 Å². The Morgan fingerprint density at radius 3 is 1.82 bits per heavy atom. The topological polar surface area (TPSA) is 86.8 Å². The summed E-state index contributed by atoms with van der Waals surface area (Å²) in [6, 6.07) is 30.0. The Morgan fingerprint density at radius 1 is 0.733 bits per heavy atom. The van der Waals surface area contributed by atoms with Gasteiger partial charge in [-0.25, -0.2) is 8.42 Å². The van der Waals surface area contributed by atoms with Crippen LogP contribution >= 0.6 is 0 Å². The van der Waals surface area contributed by atoms with E-state index in [-0.39, 0.29) is 29.8 Å². The van der Waals surface area contributed by atoms with Crippen molar-refractivity contribution >= 4 is 27.5 Å². The maximum Gasteiger partial charge on any atom is 0.264 e. The molecular weight excluding hydrogens is 582 g/mol. The fourth-order valence-electron chi connectivity index (χ4n) is 4.96. The second-order valence-electron chi connectivity index (χ2n) is 11.7. The molecule has 0 aliphatic carbocycles. The van der Waals surface area contributed by atoms with E-state index in [1.807, 2.05) is 101 Å². The van der Waals surface area contributed by atoms with E-state index in [4.69, 9.17) is 0 Å². The van der Waals surface area contributed by atoms with Gasteiger partial charge in [0.05, 0.1) is 10.6 Å². The van der Waals surface area contributed by atoms with Gasteiger partial charge in [-0.1, -0.05) is 102 Å². The lowest BCUT2D eigenvalue weighted by atomic mass is 10.0. The second kappa shape index (κ2) is 15.0. The van der Waals surface area contributed by atoms with Gasteiger partial charge in [0.15, 0.2) is 0 Å². The van der Waals surface area contributed by atoms with Crippen molar-refractivity contribution in [3.63, 3.8) is 0 Å². The summed E-state index contributed by atoms with van der Waals surface area (Å²) in [6.45, 7) is 9.36. The zero-order chi connectivity index (χ0) is 32.6. The van der Waals surface area contributed by atoms with Crippen LogP contribution in [0.3, 0.4) is 0 Å². The van der Waals surface area contributed by atoms with E-state index in [0.29, 0.717) is 5.69 Å². The highest BCUT2D eigenvalue weighted by Crippen LogP contribution is 2.26. The van der Waals surface area contributed by atoms with Crippen LogP contribution in [0.4, 0.5) is 5.69 Å². The van der Waals surface area contributed by atoms with Crippen LogP contribution in [0.5, 0.6) is 0 Å². The monoisotopic (exact) mass is 625 g/mol. The van der Waals surface area contributed by atoms with Crippen LogP contribution in [0.25, 0.3) is 0 Å². The third-order valence-electron chi connectivity index (χ3n) is 7.96. The lowest BCUT2D eigenvalue weighted by molar-refractivity contribution is -0.140. The van der Waals surface area contributed by atoms with Gasteiger partial charge < -0.3 is 10.2 Å². The van der Waals surface area contributed by atoms with Crippen LogP contribution in [0.15, 0.2) is 108 Å². The fraction of sp³-hybridized carbons (Fsp3) is 0.297. The molecule has 45 heavy (non-hydrogen) atoms. The molecule has 0 aliphatic rings. The maximum absolute atomic E-state index is 14.5. The average molecular weight is 626 g/mol. The molecule has 4 aromatic carbocycles. The quantitative estimate of drug-likeness (QED) is 0.187. The summed E-state index contributed by atoms with van der Waals surface area (Å²) < 4.78 is 29.4. The highest BCUT2D eigenvalue weighted by atomic mass is 32.2. The zero-order valence-corrected chi connectivity index (χ0v) is 27.6. The van der Waals surface area contributed by atoms with E-state index in [1.165, 1.54) is 4.90 Å². The molecule has 1 N–H and O–H groups in total. The van der Waals surface area contributed by atoms with E-state index < -0.39 is 28.5 Å². The van der Waals surface area contributed by atoms with Crippen LogP contribution in [0, 0.1) is 20.8 Å². The number of carbonyl (C=O) groups is 2. The van der Waals surface area contributed by atoms with Crippen LogP contribution in [0.2, 0.25) is 0 Å². The SMILES string of the molecule is CC[C@@H](C)NC(=O)[C@@H](Cc1ccccc1)N(Cc1ccc(C)cc1)C(=O)CN(c1ccc(C)cc1)S(=O)(=O)c1ccc(C)cc1. The van der Waals surface area contributed by atoms with Gasteiger partial charge >= 0.3 is 0 Å². The molecule has 2 amide bonds. The summed E-state index contributed by atoms with van der Waals surface area (Å²) in [5.41, 5.74) is 5.06. The van der Waals surface area contributed by atoms with Crippen molar-refractivity contribution in [3.8, 4) is 0 Å². The van der Waals surface area contributed by atoms with E-state index in [0.717, 1.165) is 38.5 Å². The largest absolute Gasteiger partial charge is 0.352 e. The van der Waals surface area contributed by atoms with Crippen molar-refractivity contribution in [1.82, 2.24) is 10.2 Å². The molecule has 0 fully saturated rings. The van der Waals surface area contributed by atoms with Gasteiger partial charge in [-0.2, -0.15) is 0 Å². The molecule has 7 nitrogen and oxygen atoms in total. The zero-order valence-electron chi connectivity index (χ0n) is 26.7. The number of aryl methyl sites for hydroxylation is 3. The molecule has 2 atom stereocenters. The fourth-order valence-corrected chi connectivity index (χ4v) is 6.38. The summed E-state index contributed by atoms with van der Waals surface area (Å²) in [6.07, 6.45) is 1.00. The molecule has 0 aromatic heterocycles. The molecule has 0 spiro atoms. The van der Waals surface area contributed by atoms with Gasteiger partial charge in [0.2, 0.25) is 11.8 Å². The average Bonchev–Trinajstić information content (AvgIpc) is 3.03. The predicted molar refractivity (Wildman–Crippen MR) is 180 cm³/mol. The lowest BCUT2D eigenvalue weighted by Crippen LogP contribution is -2.54. The van der Waals surface area contributed by atoms with E-state index in [2.05, 4.69) is 5.32 Å². The number of amides is 2. The standard InChI is InChI=1S/C37H43N3O4S/c1-6-30(5)38-37(42)35(24-31-10-8-7-9-11-31)39(25-32-18-12-27(2)13-19-32)36(41)26-40(33-20-14-28(3)15-21-33)45(43,44)34-22-16-29(4)17-23-34/h7-23,30,35H,6,24-26H2,1-5H3,(H,38,42)/t30-,35-/m1/s1. The number of nitrogens with one attached hydrogen (secondary N) is 1. The number of sulfonamides is 1. The number of benzene rings is 4. The van der Waals surface area contributed by atoms with Gasteiger partial charge in [0.25, 0.3) is 10.0 Å². The molecule has 0 bridgehead atoms. The first-order valence-electron chi connectivity index (χ1n) is 15.3. The first kappa shape index (κ1) is 33.5. The highest BCUT2D eigenvalue weighted by molar-refractivity contribution is 7.92.